The molecule has 0 heterocycles. The maximum atomic E-state index is 11.4. The van der Waals surface area contributed by atoms with E-state index in [9.17, 15) is 4.79 Å². The van der Waals surface area contributed by atoms with Crippen molar-refractivity contribution >= 4 is 17.7 Å². The molecule has 0 aromatic heterocycles. The monoisotopic (exact) mass is 386 g/mol. The molecule has 4 nitrogen and oxygen atoms in total. The number of thioether (sulfide) groups is 1. The number of carbonyl (C=O) groups is 1. The second kappa shape index (κ2) is 10.7. The predicted molar refractivity (Wildman–Crippen MR) is 110 cm³/mol. The van der Waals surface area contributed by atoms with Gasteiger partial charge < -0.3 is 14.2 Å². The Bertz CT molecular complexity index is 768. The number of esters is 1. The summed E-state index contributed by atoms with van der Waals surface area (Å²) in [5.74, 6) is 2.77. The van der Waals surface area contributed by atoms with E-state index < -0.39 is 0 Å². The summed E-state index contributed by atoms with van der Waals surface area (Å²) in [6, 6.07) is 13.9. The van der Waals surface area contributed by atoms with Crippen molar-refractivity contribution in [2.24, 2.45) is 0 Å². The summed E-state index contributed by atoms with van der Waals surface area (Å²) < 4.78 is 16.1. The van der Waals surface area contributed by atoms with Gasteiger partial charge in [0.05, 0.1) is 12.4 Å². The van der Waals surface area contributed by atoms with E-state index in [4.69, 9.17) is 14.2 Å². The molecule has 0 saturated heterocycles. The summed E-state index contributed by atoms with van der Waals surface area (Å²) in [7, 11) is 0. The van der Waals surface area contributed by atoms with Gasteiger partial charge in [0.1, 0.15) is 11.5 Å². The normalized spacial score (nSPS) is 10.3. The molecule has 0 atom stereocenters. The lowest BCUT2D eigenvalue weighted by molar-refractivity contribution is -0.145. The SMILES string of the molecule is C=C(CCSc1ccc(OCC(=O)OCC)c(C)c1)Oc1ccc(C)cc1. The molecule has 27 heavy (non-hydrogen) atoms. The molecule has 0 aliphatic carbocycles. The highest BCUT2D eigenvalue weighted by Gasteiger charge is 2.07. The Morgan fingerprint density at radius 3 is 2.52 bits per heavy atom. The Morgan fingerprint density at radius 1 is 1.11 bits per heavy atom. The highest BCUT2D eigenvalue weighted by atomic mass is 32.2. The Morgan fingerprint density at radius 2 is 1.85 bits per heavy atom. The average molecular weight is 387 g/mol. The standard InChI is InChI=1S/C22H26O4S/c1-5-24-22(23)15-25-21-11-10-20(14-17(21)3)27-13-12-18(4)26-19-8-6-16(2)7-9-19/h6-11,14H,4-5,12-13,15H2,1-3H3. The molecule has 0 saturated carbocycles. The number of hydrogen-bond donors (Lipinski definition) is 0. The summed E-state index contributed by atoms with van der Waals surface area (Å²) in [5.41, 5.74) is 2.19. The van der Waals surface area contributed by atoms with Gasteiger partial charge in [-0.2, -0.15) is 0 Å². The van der Waals surface area contributed by atoms with Crippen molar-refractivity contribution in [3.05, 3.63) is 65.9 Å². The molecule has 0 N–H and O–H groups in total. The van der Waals surface area contributed by atoms with E-state index in [0.717, 1.165) is 34.1 Å². The number of rotatable bonds is 10. The molecule has 0 amide bonds. The Kier molecular flexibility index (Phi) is 8.27. The third kappa shape index (κ3) is 7.39. The molecular formula is C22H26O4S. The summed E-state index contributed by atoms with van der Waals surface area (Å²) in [6.45, 7) is 10.1. The minimum Gasteiger partial charge on any atom is -0.482 e. The summed E-state index contributed by atoms with van der Waals surface area (Å²) in [4.78, 5) is 12.5. The molecule has 0 aliphatic rings. The fourth-order valence-electron chi connectivity index (χ4n) is 2.32. The van der Waals surface area contributed by atoms with Crippen molar-refractivity contribution in [3.63, 3.8) is 0 Å². The summed E-state index contributed by atoms with van der Waals surface area (Å²) in [6.07, 6.45) is 0.763. The molecule has 2 rings (SSSR count). The number of benzene rings is 2. The molecule has 0 fully saturated rings. The largest absolute Gasteiger partial charge is 0.482 e. The number of hydrogen-bond acceptors (Lipinski definition) is 5. The third-order valence-electron chi connectivity index (χ3n) is 3.73. The Labute approximate surface area is 165 Å². The molecule has 5 heteroatoms. The van der Waals surface area contributed by atoms with Crippen LogP contribution >= 0.6 is 11.8 Å². The van der Waals surface area contributed by atoms with Gasteiger partial charge in [-0.1, -0.05) is 24.3 Å². The van der Waals surface area contributed by atoms with Crippen LogP contribution in [-0.4, -0.2) is 24.9 Å². The zero-order valence-corrected chi connectivity index (χ0v) is 16.9. The number of aryl methyl sites for hydroxylation is 2. The fourth-order valence-corrected chi connectivity index (χ4v) is 3.31. The highest BCUT2D eigenvalue weighted by molar-refractivity contribution is 7.99. The molecule has 0 unspecified atom stereocenters. The molecular weight excluding hydrogens is 360 g/mol. The van der Waals surface area contributed by atoms with Gasteiger partial charge in [0, 0.05) is 17.1 Å². The lowest BCUT2D eigenvalue weighted by Crippen LogP contribution is -2.14. The van der Waals surface area contributed by atoms with Gasteiger partial charge in [-0.3, -0.25) is 0 Å². The van der Waals surface area contributed by atoms with Crippen LogP contribution in [-0.2, 0) is 9.53 Å². The van der Waals surface area contributed by atoms with Crippen molar-refractivity contribution in [1.82, 2.24) is 0 Å². The van der Waals surface area contributed by atoms with Crippen molar-refractivity contribution < 1.29 is 19.0 Å². The quantitative estimate of drug-likeness (QED) is 0.314. The van der Waals surface area contributed by atoms with Crippen LogP contribution in [0.4, 0.5) is 0 Å². The van der Waals surface area contributed by atoms with Crippen molar-refractivity contribution in [1.29, 1.82) is 0 Å². The van der Waals surface area contributed by atoms with Gasteiger partial charge >= 0.3 is 5.97 Å². The van der Waals surface area contributed by atoms with Crippen molar-refractivity contribution in [2.45, 2.75) is 32.1 Å². The molecule has 0 radical (unpaired) electrons. The topological polar surface area (TPSA) is 44.8 Å². The minimum atomic E-state index is -0.359. The van der Waals surface area contributed by atoms with E-state index in [1.165, 1.54) is 5.56 Å². The number of carbonyl (C=O) groups excluding carboxylic acids is 1. The average Bonchev–Trinajstić information content (AvgIpc) is 2.63. The smallest absolute Gasteiger partial charge is 0.344 e. The third-order valence-corrected chi connectivity index (χ3v) is 4.73. The van der Waals surface area contributed by atoms with Gasteiger partial charge in [-0.25, -0.2) is 4.79 Å². The lowest BCUT2D eigenvalue weighted by Gasteiger charge is -2.11. The van der Waals surface area contributed by atoms with E-state index in [-0.39, 0.29) is 12.6 Å². The first kappa shape index (κ1) is 20.9. The first-order valence-corrected chi connectivity index (χ1v) is 9.90. The van der Waals surface area contributed by atoms with Crippen LogP contribution in [0.1, 0.15) is 24.5 Å². The maximum absolute atomic E-state index is 11.4. The second-order valence-corrected chi connectivity index (χ2v) is 7.24. The van der Waals surface area contributed by atoms with Crippen LogP contribution in [0.15, 0.2) is 59.7 Å². The first-order chi connectivity index (χ1) is 13.0. The Hall–Kier alpha value is -2.40. The molecule has 0 spiro atoms. The predicted octanol–water partition coefficient (Wildman–Crippen LogP) is 5.32. The Balaban J connectivity index is 1.77. The summed E-state index contributed by atoms with van der Waals surface area (Å²) >= 11 is 1.73. The first-order valence-electron chi connectivity index (χ1n) is 8.92. The van der Waals surface area contributed by atoms with E-state index >= 15 is 0 Å². The number of ether oxygens (including phenoxy) is 3. The van der Waals surface area contributed by atoms with E-state index in [2.05, 4.69) is 12.6 Å². The van der Waals surface area contributed by atoms with Crippen LogP contribution in [0, 0.1) is 13.8 Å². The van der Waals surface area contributed by atoms with E-state index in [1.54, 1.807) is 18.7 Å². The molecule has 0 aliphatic heterocycles. The van der Waals surface area contributed by atoms with Crippen LogP contribution in [0.3, 0.4) is 0 Å². The fraction of sp³-hybridized carbons (Fsp3) is 0.318. The number of allylic oxidation sites excluding steroid dienone is 1. The van der Waals surface area contributed by atoms with Crippen LogP contribution < -0.4 is 9.47 Å². The zero-order valence-electron chi connectivity index (χ0n) is 16.1. The van der Waals surface area contributed by atoms with E-state index in [1.807, 2.05) is 50.2 Å². The maximum Gasteiger partial charge on any atom is 0.344 e. The van der Waals surface area contributed by atoms with Gasteiger partial charge in [-0.15, -0.1) is 11.8 Å². The van der Waals surface area contributed by atoms with Crippen molar-refractivity contribution in [2.75, 3.05) is 19.0 Å². The molecule has 2 aromatic rings. The van der Waals surface area contributed by atoms with Crippen LogP contribution in [0.25, 0.3) is 0 Å². The van der Waals surface area contributed by atoms with Crippen LogP contribution in [0.2, 0.25) is 0 Å². The minimum absolute atomic E-state index is 0.0721. The van der Waals surface area contributed by atoms with Crippen molar-refractivity contribution in [3.8, 4) is 11.5 Å². The van der Waals surface area contributed by atoms with Gasteiger partial charge in [0.15, 0.2) is 6.61 Å². The zero-order chi connectivity index (χ0) is 19.6. The highest BCUT2D eigenvalue weighted by Crippen LogP contribution is 2.27. The molecule has 0 bridgehead atoms. The summed E-state index contributed by atoms with van der Waals surface area (Å²) in [5, 5.41) is 0. The van der Waals surface area contributed by atoms with E-state index in [0.29, 0.717) is 12.4 Å². The van der Waals surface area contributed by atoms with Crippen LogP contribution in [0.5, 0.6) is 11.5 Å². The van der Waals surface area contributed by atoms with Gasteiger partial charge in [0.25, 0.3) is 0 Å². The second-order valence-electron chi connectivity index (χ2n) is 6.07. The van der Waals surface area contributed by atoms with Gasteiger partial charge in [-0.05, 0) is 56.7 Å². The van der Waals surface area contributed by atoms with Gasteiger partial charge in [0.2, 0.25) is 0 Å². The molecule has 2 aromatic carbocycles. The lowest BCUT2D eigenvalue weighted by atomic mass is 10.2. The molecule has 144 valence electrons.